The summed E-state index contributed by atoms with van der Waals surface area (Å²) in [5, 5.41) is 8.75. The van der Waals surface area contributed by atoms with Crippen molar-refractivity contribution in [2.75, 3.05) is 5.73 Å². The summed E-state index contributed by atoms with van der Waals surface area (Å²) < 4.78 is 1.98. The number of rotatable bonds is 2. The molecule has 3 rings (SSSR count). The molecular formula is C11H11N5S. The van der Waals surface area contributed by atoms with Gasteiger partial charge in [-0.25, -0.2) is 4.98 Å². The Morgan fingerprint density at radius 2 is 2.29 bits per heavy atom. The van der Waals surface area contributed by atoms with E-state index in [2.05, 4.69) is 15.2 Å². The normalized spacial score (nSPS) is 11.1. The average molecular weight is 245 g/mol. The fourth-order valence-corrected chi connectivity index (χ4v) is 2.47. The van der Waals surface area contributed by atoms with Crippen LogP contribution < -0.4 is 5.73 Å². The molecule has 0 saturated heterocycles. The van der Waals surface area contributed by atoms with Crippen LogP contribution in [0, 0.1) is 0 Å². The summed E-state index contributed by atoms with van der Waals surface area (Å²) in [4.78, 5) is 5.37. The molecule has 2 heterocycles. The summed E-state index contributed by atoms with van der Waals surface area (Å²) in [6.07, 6.45) is 3.71. The quantitative estimate of drug-likeness (QED) is 0.724. The molecule has 5 nitrogen and oxygen atoms in total. The molecule has 17 heavy (non-hydrogen) atoms. The predicted octanol–water partition coefficient (Wildman–Crippen LogP) is 2.03. The van der Waals surface area contributed by atoms with Gasteiger partial charge in [-0.15, -0.1) is 0 Å². The van der Waals surface area contributed by atoms with E-state index in [1.54, 1.807) is 18.0 Å². The smallest absolute Gasteiger partial charge is 0.172 e. The molecule has 0 fully saturated rings. The van der Waals surface area contributed by atoms with Gasteiger partial charge >= 0.3 is 0 Å². The second kappa shape index (κ2) is 3.81. The van der Waals surface area contributed by atoms with Gasteiger partial charge in [-0.3, -0.25) is 5.10 Å². The second-order valence-corrected chi connectivity index (χ2v) is 4.78. The Kier molecular flexibility index (Phi) is 2.29. The average Bonchev–Trinajstić information content (AvgIpc) is 2.88. The van der Waals surface area contributed by atoms with Crippen LogP contribution in [0.25, 0.3) is 10.9 Å². The topological polar surface area (TPSA) is 72.5 Å². The molecule has 0 atom stereocenters. The van der Waals surface area contributed by atoms with E-state index in [-0.39, 0.29) is 0 Å². The van der Waals surface area contributed by atoms with Crippen LogP contribution in [0.3, 0.4) is 0 Å². The van der Waals surface area contributed by atoms with Crippen molar-refractivity contribution in [3.63, 3.8) is 0 Å². The Labute approximate surface area is 102 Å². The first-order chi connectivity index (χ1) is 8.24. The van der Waals surface area contributed by atoms with Crippen molar-refractivity contribution in [3.05, 3.63) is 30.6 Å². The number of hydrogen-bond acceptors (Lipinski definition) is 4. The van der Waals surface area contributed by atoms with E-state index >= 15 is 0 Å². The summed E-state index contributed by atoms with van der Waals surface area (Å²) in [5.74, 6) is 0.530. The lowest BCUT2D eigenvalue weighted by molar-refractivity contribution is 0.790. The van der Waals surface area contributed by atoms with Crippen molar-refractivity contribution < 1.29 is 0 Å². The van der Waals surface area contributed by atoms with Gasteiger partial charge in [-0.05, 0) is 18.2 Å². The number of aromatic nitrogens is 4. The Morgan fingerprint density at radius 3 is 3.06 bits per heavy atom. The first-order valence-electron chi connectivity index (χ1n) is 5.13. The fourth-order valence-electron chi connectivity index (χ4n) is 1.63. The van der Waals surface area contributed by atoms with Crippen molar-refractivity contribution in [2.45, 2.75) is 10.1 Å². The molecule has 0 aliphatic rings. The predicted molar refractivity (Wildman–Crippen MR) is 67.8 cm³/mol. The van der Waals surface area contributed by atoms with E-state index in [0.29, 0.717) is 5.82 Å². The minimum absolute atomic E-state index is 0.530. The van der Waals surface area contributed by atoms with E-state index in [4.69, 9.17) is 5.73 Å². The molecule has 86 valence electrons. The number of anilines is 1. The third kappa shape index (κ3) is 1.76. The fraction of sp³-hybridized carbons (Fsp3) is 0.0909. The standard InChI is InChI=1S/C11H11N5S/c1-16-5-4-13-11(16)17-7-2-3-9-8(6-7)10(12)15-14-9/h2-6H,1H3,(H3,12,14,15). The van der Waals surface area contributed by atoms with Crippen molar-refractivity contribution >= 4 is 28.5 Å². The maximum absolute atomic E-state index is 5.78. The molecule has 3 N–H and O–H groups in total. The molecule has 0 radical (unpaired) electrons. The summed E-state index contributed by atoms with van der Waals surface area (Å²) in [7, 11) is 1.97. The van der Waals surface area contributed by atoms with Crippen molar-refractivity contribution in [2.24, 2.45) is 7.05 Å². The first-order valence-corrected chi connectivity index (χ1v) is 5.94. The molecule has 0 unspecified atom stereocenters. The molecule has 0 aliphatic carbocycles. The van der Waals surface area contributed by atoms with E-state index < -0.39 is 0 Å². The number of nitrogen functional groups attached to an aromatic ring is 1. The number of aromatic amines is 1. The maximum atomic E-state index is 5.78. The highest BCUT2D eigenvalue weighted by Crippen LogP contribution is 2.29. The SMILES string of the molecule is Cn1ccnc1Sc1ccc2[nH]nc(N)c2c1. The van der Waals surface area contributed by atoms with Crippen molar-refractivity contribution in [1.82, 2.24) is 19.7 Å². The lowest BCUT2D eigenvalue weighted by Gasteiger charge is -2.01. The van der Waals surface area contributed by atoms with Crippen molar-refractivity contribution in [3.8, 4) is 0 Å². The highest BCUT2D eigenvalue weighted by atomic mass is 32.2. The minimum Gasteiger partial charge on any atom is -0.382 e. The van der Waals surface area contributed by atoms with Gasteiger partial charge < -0.3 is 10.3 Å². The van der Waals surface area contributed by atoms with Gasteiger partial charge in [0, 0.05) is 29.7 Å². The number of H-pyrrole nitrogens is 1. The molecular weight excluding hydrogens is 234 g/mol. The summed E-state index contributed by atoms with van der Waals surface area (Å²) in [6.45, 7) is 0. The van der Waals surface area contributed by atoms with Crippen LogP contribution >= 0.6 is 11.8 Å². The van der Waals surface area contributed by atoms with E-state index in [1.165, 1.54) is 0 Å². The van der Waals surface area contributed by atoms with Gasteiger partial charge in [0.15, 0.2) is 11.0 Å². The van der Waals surface area contributed by atoms with Crippen molar-refractivity contribution in [1.29, 1.82) is 0 Å². The number of hydrogen-bond donors (Lipinski definition) is 2. The zero-order valence-corrected chi connectivity index (χ0v) is 10.0. The van der Waals surface area contributed by atoms with Crippen LogP contribution in [0.1, 0.15) is 0 Å². The lowest BCUT2D eigenvalue weighted by atomic mass is 10.2. The molecule has 2 aromatic heterocycles. The first kappa shape index (κ1) is 10.2. The van der Waals surface area contributed by atoms with Crippen LogP contribution in [0.2, 0.25) is 0 Å². The molecule has 6 heteroatoms. The zero-order chi connectivity index (χ0) is 11.8. The summed E-state index contributed by atoms with van der Waals surface area (Å²) in [6, 6.07) is 6.02. The molecule has 0 spiro atoms. The second-order valence-electron chi connectivity index (χ2n) is 3.74. The molecule has 0 amide bonds. The van der Waals surface area contributed by atoms with Crippen LogP contribution in [-0.4, -0.2) is 19.7 Å². The van der Waals surface area contributed by atoms with Gasteiger partial charge in [0.25, 0.3) is 0 Å². The lowest BCUT2D eigenvalue weighted by Crippen LogP contribution is -1.88. The van der Waals surface area contributed by atoms with E-state index in [0.717, 1.165) is 21.0 Å². The third-order valence-electron chi connectivity index (χ3n) is 2.55. The molecule has 3 aromatic rings. The number of imidazole rings is 1. The number of nitrogens with two attached hydrogens (primary N) is 1. The number of nitrogens with one attached hydrogen (secondary N) is 1. The Balaban J connectivity index is 2.01. The van der Waals surface area contributed by atoms with Crippen LogP contribution in [0.15, 0.2) is 40.6 Å². The Morgan fingerprint density at radius 1 is 1.41 bits per heavy atom. The van der Waals surface area contributed by atoms with Crippen LogP contribution in [0.5, 0.6) is 0 Å². The van der Waals surface area contributed by atoms with Gasteiger partial charge in [0.1, 0.15) is 0 Å². The summed E-state index contributed by atoms with van der Waals surface area (Å²) in [5.41, 5.74) is 6.73. The summed E-state index contributed by atoms with van der Waals surface area (Å²) >= 11 is 1.60. The number of nitrogens with zero attached hydrogens (tertiary/aromatic N) is 3. The molecule has 0 bridgehead atoms. The molecule has 1 aromatic carbocycles. The monoisotopic (exact) mass is 245 g/mol. The van der Waals surface area contributed by atoms with E-state index in [1.807, 2.05) is 36.0 Å². The molecule has 0 saturated carbocycles. The van der Waals surface area contributed by atoms with Crippen LogP contribution in [0.4, 0.5) is 5.82 Å². The third-order valence-corrected chi connectivity index (χ3v) is 3.62. The minimum atomic E-state index is 0.530. The van der Waals surface area contributed by atoms with Gasteiger partial charge in [-0.1, -0.05) is 11.8 Å². The van der Waals surface area contributed by atoms with Crippen LogP contribution in [-0.2, 0) is 7.05 Å². The number of benzene rings is 1. The Bertz CT molecular complexity index is 669. The van der Waals surface area contributed by atoms with Gasteiger partial charge in [-0.2, -0.15) is 5.10 Å². The number of fused-ring (bicyclic) bond motifs is 1. The van der Waals surface area contributed by atoms with E-state index in [9.17, 15) is 0 Å². The largest absolute Gasteiger partial charge is 0.382 e. The highest BCUT2D eigenvalue weighted by Gasteiger charge is 2.06. The molecule has 0 aliphatic heterocycles. The maximum Gasteiger partial charge on any atom is 0.172 e. The highest BCUT2D eigenvalue weighted by molar-refractivity contribution is 7.99. The van der Waals surface area contributed by atoms with Gasteiger partial charge in [0.05, 0.1) is 5.52 Å². The van der Waals surface area contributed by atoms with Gasteiger partial charge in [0.2, 0.25) is 0 Å². The zero-order valence-electron chi connectivity index (χ0n) is 9.21. The number of aryl methyl sites for hydroxylation is 1. The Hall–Kier alpha value is -1.95.